The standard InChI is InChI=1S/C15H13F3O/c1-10-9-12(15(16,17)18)7-8-13(10)14(19)11-5-3-2-4-6-11/h2-9,14,19H,1H3. The molecule has 0 aliphatic carbocycles. The molecule has 2 aromatic rings. The van der Waals surface area contributed by atoms with E-state index in [2.05, 4.69) is 0 Å². The van der Waals surface area contributed by atoms with E-state index in [1.807, 2.05) is 6.07 Å². The Kier molecular flexibility index (Phi) is 3.62. The van der Waals surface area contributed by atoms with Gasteiger partial charge in [-0.15, -0.1) is 0 Å². The summed E-state index contributed by atoms with van der Waals surface area (Å²) in [7, 11) is 0. The van der Waals surface area contributed by atoms with E-state index in [1.54, 1.807) is 31.2 Å². The van der Waals surface area contributed by atoms with Crippen molar-refractivity contribution >= 4 is 0 Å². The number of benzene rings is 2. The van der Waals surface area contributed by atoms with Crippen molar-refractivity contribution in [2.45, 2.75) is 19.2 Å². The molecule has 2 rings (SSSR count). The van der Waals surface area contributed by atoms with Crippen molar-refractivity contribution in [3.8, 4) is 0 Å². The summed E-state index contributed by atoms with van der Waals surface area (Å²) in [5.74, 6) is 0. The number of halogens is 3. The lowest BCUT2D eigenvalue weighted by Crippen LogP contribution is -2.08. The maximum atomic E-state index is 12.6. The van der Waals surface area contributed by atoms with Crippen LogP contribution in [0.25, 0.3) is 0 Å². The summed E-state index contributed by atoms with van der Waals surface area (Å²) in [6.07, 6.45) is -5.27. The van der Waals surface area contributed by atoms with Crippen LogP contribution in [0.15, 0.2) is 48.5 Å². The van der Waals surface area contributed by atoms with Gasteiger partial charge < -0.3 is 5.11 Å². The minimum Gasteiger partial charge on any atom is -0.384 e. The van der Waals surface area contributed by atoms with E-state index in [1.165, 1.54) is 6.07 Å². The highest BCUT2D eigenvalue weighted by molar-refractivity contribution is 5.38. The van der Waals surface area contributed by atoms with Gasteiger partial charge in [-0.25, -0.2) is 0 Å². The molecule has 0 aromatic heterocycles. The van der Waals surface area contributed by atoms with Crippen LogP contribution < -0.4 is 0 Å². The van der Waals surface area contributed by atoms with E-state index >= 15 is 0 Å². The van der Waals surface area contributed by atoms with Gasteiger partial charge in [0.05, 0.1) is 5.56 Å². The highest BCUT2D eigenvalue weighted by Crippen LogP contribution is 2.32. The average molecular weight is 266 g/mol. The molecule has 0 bridgehead atoms. The number of hydrogen-bond donors (Lipinski definition) is 1. The highest BCUT2D eigenvalue weighted by Gasteiger charge is 2.31. The minimum absolute atomic E-state index is 0.422. The van der Waals surface area contributed by atoms with Gasteiger partial charge in [-0.1, -0.05) is 36.4 Å². The zero-order valence-corrected chi connectivity index (χ0v) is 10.3. The third kappa shape index (κ3) is 2.96. The highest BCUT2D eigenvalue weighted by atomic mass is 19.4. The minimum atomic E-state index is -4.36. The van der Waals surface area contributed by atoms with Crippen LogP contribution >= 0.6 is 0 Å². The van der Waals surface area contributed by atoms with E-state index in [-0.39, 0.29) is 0 Å². The summed E-state index contributed by atoms with van der Waals surface area (Å²) >= 11 is 0. The fourth-order valence-corrected chi connectivity index (χ4v) is 1.97. The van der Waals surface area contributed by atoms with Gasteiger partial charge in [0.15, 0.2) is 0 Å². The van der Waals surface area contributed by atoms with Gasteiger partial charge in [-0.05, 0) is 35.7 Å². The monoisotopic (exact) mass is 266 g/mol. The summed E-state index contributed by atoms with van der Waals surface area (Å²) in [6.45, 7) is 1.57. The average Bonchev–Trinajstić information content (AvgIpc) is 2.38. The largest absolute Gasteiger partial charge is 0.416 e. The lowest BCUT2D eigenvalue weighted by Gasteiger charge is -2.16. The normalized spacial score (nSPS) is 13.3. The van der Waals surface area contributed by atoms with Crippen molar-refractivity contribution in [3.63, 3.8) is 0 Å². The van der Waals surface area contributed by atoms with Gasteiger partial charge in [0, 0.05) is 0 Å². The first-order valence-corrected chi connectivity index (χ1v) is 5.80. The molecule has 0 saturated heterocycles. The molecule has 19 heavy (non-hydrogen) atoms. The number of alkyl halides is 3. The van der Waals surface area contributed by atoms with Gasteiger partial charge >= 0.3 is 6.18 Å². The van der Waals surface area contributed by atoms with E-state index in [0.29, 0.717) is 16.7 Å². The number of aliphatic hydroxyl groups excluding tert-OH is 1. The van der Waals surface area contributed by atoms with Crippen molar-refractivity contribution in [1.29, 1.82) is 0 Å². The van der Waals surface area contributed by atoms with E-state index in [0.717, 1.165) is 12.1 Å². The first-order valence-electron chi connectivity index (χ1n) is 5.80. The van der Waals surface area contributed by atoms with E-state index in [4.69, 9.17) is 0 Å². The molecule has 1 N–H and O–H groups in total. The third-order valence-electron chi connectivity index (χ3n) is 3.01. The maximum Gasteiger partial charge on any atom is 0.416 e. The molecule has 2 aromatic carbocycles. The molecule has 0 heterocycles. The van der Waals surface area contributed by atoms with Crippen LogP contribution in [-0.4, -0.2) is 5.11 Å². The van der Waals surface area contributed by atoms with E-state index < -0.39 is 17.8 Å². The topological polar surface area (TPSA) is 20.2 Å². The molecular weight excluding hydrogens is 253 g/mol. The SMILES string of the molecule is Cc1cc(C(F)(F)F)ccc1C(O)c1ccccc1. The Morgan fingerprint density at radius 2 is 1.63 bits per heavy atom. The Morgan fingerprint density at radius 3 is 2.16 bits per heavy atom. The Bertz CT molecular complexity index is 561. The van der Waals surface area contributed by atoms with Gasteiger partial charge in [-0.2, -0.15) is 13.2 Å². The van der Waals surface area contributed by atoms with Crippen LogP contribution in [0.4, 0.5) is 13.2 Å². The molecule has 0 amide bonds. The Hall–Kier alpha value is -1.81. The fraction of sp³-hybridized carbons (Fsp3) is 0.200. The Morgan fingerprint density at radius 1 is 1.00 bits per heavy atom. The predicted octanol–water partition coefficient (Wildman–Crippen LogP) is 4.10. The lowest BCUT2D eigenvalue weighted by molar-refractivity contribution is -0.137. The molecule has 0 radical (unpaired) electrons. The number of rotatable bonds is 2. The van der Waals surface area contributed by atoms with Crippen LogP contribution in [-0.2, 0) is 6.18 Å². The zero-order valence-electron chi connectivity index (χ0n) is 10.3. The molecule has 1 atom stereocenters. The van der Waals surface area contributed by atoms with Gasteiger partial charge in [0.25, 0.3) is 0 Å². The summed E-state index contributed by atoms with van der Waals surface area (Å²) in [6, 6.07) is 12.2. The molecule has 4 heteroatoms. The number of aryl methyl sites for hydroxylation is 1. The lowest BCUT2D eigenvalue weighted by atomic mass is 9.96. The van der Waals surface area contributed by atoms with E-state index in [9.17, 15) is 18.3 Å². The second-order valence-electron chi connectivity index (χ2n) is 4.38. The third-order valence-corrected chi connectivity index (χ3v) is 3.01. The quantitative estimate of drug-likeness (QED) is 0.867. The maximum absolute atomic E-state index is 12.6. The molecule has 0 saturated carbocycles. The van der Waals surface area contributed by atoms with Gasteiger partial charge in [0.1, 0.15) is 6.10 Å². The first kappa shape index (κ1) is 13.6. The molecule has 0 aliphatic rings. The van der Waals surface area contributed by atoms with Crippen LogP contribution in [0, 0.1) is 6.92 Å². The fourth-order valence-electron chi connectivity index (χ4n) is 1.97. The van der Waals surface area contributed by atoms with Crippen molar-refractivity contribution in [2.24, 2.45) is 0 Å². The number of aliphatic hydroxyl groups is 1. The van der Waals surface area contributed by atoms with Crippen molar-refractivity contribution in [1.82, 2.24) is 0 Å². The molecule has 100 valence electrons. The zero-order chi connectivity index (χ0) is 14.0. The van der Waals surface area contributed by atoms with Crippen molar-refractivity contribution in [2.75, 3.05) is 0 Å². The molecule has 1 nitrogen and oxygen atoms in total. The molecular formula is C15H13F3O. The Balaban J connectivity index is 2.37. The van der Waals surface area contributed by atoms with Crippen LogP contribution in [0.5, 0.6) is 0 Å². The Labute approximate surface area is 109 Å². The predicted molar refractivity (Wildman–Crippen MR) is 66.7 cm³/mol. The molecule has 0 fully saturated rings. The second-order valence-corrected chi connectivity index (χ2v) is 4.38. The molecule has 0 aliphatic heterocycles. The van der Waals surface area contributed by atoms with Crippen LogP contribution in [0.2, 0.25) is 0 Å². The smallest absolute Gasteiger partial charge is 0.384 e. The van der Waals surface area contributed by atoms with Gasteiger partial charge in [0.2, 0.25) is 0 Å². The summed E-state index contributed by atoms with van der Waals surface area (Å²) in [5.41, 5.74) is 0.866. The van der Waals surface area contributed by atoms with Crippen molar-refractivity contribution in [3.05, 3.63) is 70.8 Å². The van der Waals surface area contributed by atoms with Crippen LogP contribution in [0.3, 0.4) is 0 Å². The summed E-state index contributed by atoms with van der Waals surface area (Å²) in [4.78, 5) is 0. The van der Waals surface area contributed by atoms with Crippen molar-refractivity contribution < 1.29 is 18.3 Å². The number of hydrogen-bond acceptors (Lipinski definition) is 1. The first-order chi connectivity index (χ1) is 8.89. The second kappa shape index (κ2) is 5.05. The summed E-state index contributed by atoms with van der Waals surface area (Å²) in [5, 5.41) is 10.2. The molecule has 1 unspecified atom stereocenters. The van der Waals surface area contributed by atoms with Gasteiger partial charge in [-0.3, -0.25) is 0 Å². The molecule has 0 spiro atoms. The van der Waals surface area contributed by atoms with Crippen LogP contribution in [0.1, 0.15) is 28.4 Å². The summed E-state index contributed by atoms with van der Waals surface area (Å²) < 4.78 is 37.7.